The third-order valence-electron chi connectivity index (χ3n) is 4.11. The zero-order chi connectivity index (χ0) is 22.4. The fourth-order valence-corrected chi connectivity index (χ4v) is 2.92. The maximum atomic E-state index is 12.6. The van der Waals surface area contributed by atoms with E-state index in [2.05, 4.69) is 25.3 Å². The highest BCUT2D eigenvalue weighted by molar-refractivity contribution is 6.32. The van der Waals surface area contributed by atoms with Crippen LogP contribution in [-0.4, -0.2) is 51.1 Å². The van der Waals surface area contributed by atoms with Crippen LogP contribution in [0, 0.1) is 0 Å². The number of esters is 1. The fraction of sp³-hybridized carbons (Fsp3) is 0.350. The van der Waals surface area contributed by atoms with Crippen LogP contribution in [0.2, 0.25) is 5.02 Å². The number of hydrogen-bond acceptors (Lipinski definition) is 8. The molecule has 31 heavy (non-hydrogen) atoms. The van der Waals surface area contributed by atoms with Gasteiger partial charge in [0.05, 0.1) is 30.1 Å². The lowest BCUT2D eigenvalue weighted by atomic mass is 10.2. The Morgan fingerprint density at radius 2 is 2.00 bits per heavy atom. The molecule has 1 atom stereocenters. The Balaban J connectivity index is 1.72. The predicted octanol–water partition coefficient (Wildman–Crippen LogP) is 3.38. The van der Waals surface area contributed by atoms with Crippen LogP contribution in [0.15, 0.2) is 24.8 Å². The summed E-state index contributed by atoms with van der Waals surface area (Å²) in [4.78, 5) is 39.9. The molecule has 0 aliphatic carbocycles. The van der Waals surface area contributed by atoms with Crippen molar-refractivity contribution in [3.8, 4) is 11.5 Å². The number of fused-ring (bicyclic) bond motifs is 1. The number of hydrogen-bond donors (Lipinski definition) is 2. The lowest BCUT2D eigenvalue weighted by Gasteiger charge is -2.16. The molecular weight excluding hydrogens is 426 g/mol. The molecule has 0 radical (unpaired) electrons. The summed E-state index contributed by atoms with van der Waals surface area (Å²) in [5.74, 6) is -0.381. The first-order valence-corrected chi connectivity index (χ1v) is 10.1. The van der Waals surface area contributed by atoms with Crippen LogP contribution < -0.4 is 14.8 Å². The van der Waals surface area contributed by atoms with E-state index in [4.69, 9.17) is 25.8 Å². The standard InChI is InChI=1S/C20H22ClN5O5/c1-4-6-30-16-13(21)7-12(8-14(16)29-5-2)20(28)31-11(3)19(27)26-18-15-17(23-9-22-15)24-10-25-18/h7-11H,4-6H2,1-3H3,(H2,22,23,24,25,26,27). The number of aromatic nitrogens is 4. The van der Waals surface area contributed by atoms with Crippen LogP contribution in [0.4, 0.5) is 5.82 Å². The lowest BCUT2D eigenvalue weighted by molar-refractivity contribution is -0.123. The van der Waals surface area contributed by atoms with Crippen molar-refractivity contribution in [3.05, 3.63) is 35.4 Å². The van der Waals surface area contributed by atoms with E-state index in [0.29, 0.717) is 35.9 Å². The molecule has 0 fully saturated rings. The molecule has 3 aromatic rings. The average molecular weight is 448 g/mol. The molecule has 1 aromatic carbocycles. The predicted molar refractivity (Wildman–Crippen MR) is 114 cm³/mol. The Morgan fingerprint density at radius 3 is 2.74 bits per heavy atom. The van der Waals surface area contributed by atoms with Crippen molar-refractivity contribution < 1.29 is 23.8 Å². The molecule has 1 amide bonds. The normalized spacial score (nSPS) is 11.7. The minimum atomic E-state index is -1.11. The maximum Gasteiger partial charge on any atom is 0.339 e. The van der Waals surface area contributed by atoms with Gasteiger partial charge >= 0.3 is 5.97 Å². The van der Waals surface area contributed by atoms with Gasteiger partial charge in [-0.2, -0.15) is 0 Å². The van der Waals surface area contributed by atoms with Gasteiger partial charge in [0.15, 0.2) is 29.1 Å². The molecule has 1 unspecified atom stereocenters. The number of anilines is 1. The molecule has 0 aliphatic heterocycles. The van der Waals surface area contributed by atoms with E-state index >= 15 is 0 Å². The van der Waals surface area contributed by atoms with Crippen LogP contribution in [0.5, 0.6) is 11.5 Å². The van der Waals surface area contributed by atoms with Crippen molar-refractivity contribution >= 4 is 40.5 Å². The minimum Gasteiger partial charge on any atom is -0.490 e. The first-order valence-electron chi connectivity index (χ1n) is 9.69. The smallest absolute Gasteiger partial charge is 0.339 e. The van der Waals surface area contributed by atoms with Crippen molar-refractivity contribution in [1.29, 1.82) is 0 Å². The van der Waals surface area contributed by atoms with Crippen LogP contribution in [0.3, 0.4) is 0 Å². The number of nitrogens with one attached hydrogen (secondary N) is 2. The molecule has 11 heteroatoms. The largest absolute Gasteiger partial charge is 0.490 e. The molecule has 2 aromatic heterocycles. The van der Waals surface area contributed by atoms with Gasteiger partial charge in [-0.15, -0.1) is 0 Å². The molecule has 0 saturated heterocycles. The van der Waals surface area contributed by atoms with Crippen molar-refractivity contribution in [1.82, 2.24) is 19.9 Å². The second-order valence-corrected chi connectivity index (χ2v) is 6.83. The summed E-state index contributed by atoms with van der Waals surface area (Å²) in [5, 5.41) is 2.81. The summed E-state index contributed by atoms with van der Waals surface area (Å²) in [6.45, 7) is 6.02. The summed E-state index contributed by atoms with van der Waals surface area (Å²) >= 11 is 6.29. The molecular formula is C20H22ClN5O5. The van der Waals surface area contributed by atoms with Gasteiger partial charge in [0, 0.05) is 0 Å². The molecule has 0 bridgehead atoms. The third kappa shape index (κ3) is 5.21. The SMILES string of the molecule is CCCOc1c(Cl)cc(C(=O)OC(C)C(=O)Nc2ncnc3nc[nH]c23)cc1OCC. The third-order valence-corrected chi connectivity index (χ3v) is 4.39. The lowest BCUT2D eigenvalue weighted by Crippen LogP contribution is -2.30. The van der Waals surface area contributed by atoms with Gasteiger partial charge in [-0.1, -0.05) is 18.5 Å². The monoisotopic (exact) mass is 447 g/mol. The average Bonchev–Trinajstić information content (AvgIpc) is 3.23. The molecule has 2 heterocycles. The van der Waals surface area contributed by atoms with Crippen molar-refractivity contribution in [2.24, 2.45) is 0 Å². The van der Waals surface area contributed by atoms with Gasteiger partial charge in [0.1, 0.15) is 11.8 Å². The van der Waals surface area contributed by atoms with Gasteiger partial charge in [0.2, 0.25) is 0 Å². The van der Waals surface area contributed by atoms with Gasteiger partial charge in [0.25, 0.3) is 5.91 Å². The number of amides is 1. The molecule has 164 valence electrons. The summed E-state index contributed by atoms with van der Waals surface area (Å²) in [7, 11) is 0. The maximum absolute atomic E-state index is 12.6. The molecule has 0 aliphatic rings. The summed E-state index contributed by atoms with van der Waals surface area (Å²) in [6.07, 6.45) is 2.39. The van der Waals surface area contributed by atoms with Crippen molar-refractivity contribution in [3.63, 3.8) is 0 Å². The number of H-pyrrole nitrogens is 1. The van der Waals surface area contributed by atoms with Crippen LogP contribution >= 0.6 is 11.6 Å². The van der Waals surface area contributed by atoms with Crippen LogP contribution in [-0.2, 0) is 9.53 Å². The molecule has 3 rings (SSSR count). The molecule has 10 nitrogen and oxygen atoms in total. The Kier molecular flexibility index (Phi) is 7.24. The minimum absolute atomic E-state index is 0.134. The highest BCUT2D eigenvalue weighted by atomic mass is 35.5. The number of carbonyl (C=O) groups excluding carboxylic acids is 2. The van der Waals surface area contributed by atoms with E-state index in [-0.39, 0.29) is 16.4 Å². The van der Waals surface area contributed by atoms with E-state index < -0.39 is 18.0 Å². The Bertz CT molecular complexity index is 1090. The summed E-state index contributed by atoms with van der Waals surface area (Å²) in [6, 6.07) is 2.90. The van der Waals surface area contributed by atoms with Gasteiger partial charge in [-0.25, -0.2) is 19.7 Å². The first-order chi connectivity index (χ1) is 14.9. The fourth-order valence-electron chi connectivity index (χ4n) is 2.65. The Hall–Kier alpha value is -3.40. The number of rotatable bonds is 9. The van der Waals surface area contributed by atoms with E-state index in [1.54, 1.807) is 6.92 Å². The number of aromatic amines is 1. The second-order valence-electron chi connectivity index (χ2n) is 6.43. The highest BCUT2D eigenvalue weighted by Crippen LogP contribution is 2.37. The van der Waals surface area contributed by atoms with E-state index in [9.17, 15) is 9.59 Å². The van der Waals surface area contributed by atoms with E-state index in [0.717, 1.165) is 6.42 Å². The number of imidazole rings is 1. The van der Waals surface area contributed by atoms with Crippen molar-refractivity contribution in [2.75, 3.05) is 18.5 Å². The number of carbonyl (C=O) groups is 2. The number of nitrogens with zero attached hydrogens (tertiary/aromatic N) is 3. The number of ether oxygens (including phenoxy) is 3. The van der Waals surface area contributed by atoms with Gasteiger partial charge in [-0.05, 0) is 32.4 Å². The zero-order valence-corrected chi connectivity index (χ0v) is 18.0. The van der Waals surface area contributed by atoms with Crippen LogP contribution in [0.25, 0.3) is 11.2 Å². The molecule has 0 spiro atoms. The number of benzene rings is 1. The van der Waals surface area contributed by atoms with Gasteiger partial charge in [-0.3, -0.25) is 4.79 Å². The van der Waals surface area contributed by atoms with Crippen LogP contribution in [0.1, 0.15) is 37.6 Å². The van der Waals surface area contributed by atoms with E-state index in [1.807, 2.05) is 6.92 Å². The summed E-state index contributed by atoms with van der Waals surface area (Å²) < 4.78 is 16.5. The molecule has 2 N–H and O–H groups in total. The zero-order valence-electron chi connectivity index (χ0n) is 17.3. The first kappa shape index (κ1) is 22.3. The van der Waals surface area contributed by atoms with Crippen molar-refractivity contribution in [2.45, 2.75) is 33.3 Å². The highest BCUT2D eigenvalue weighted by Gasteiger charge is 2.23. The quantitative estimate of drug-likeness (QED) is 0.477. The summed E-state index contributed by atoms with van der Waals surface area (Å²) in [5.41, 5.74) is 0.999. The van der Waals surface area contributed by atoms with E-state index in [1.165, 1.54) is 31.7 Å². The number of halogens is 1. The Morgan fingerprint density at radius 1 is 1.19 bits per heavy atom. The second kappa shape index (κ2) is 10.1. The topological polar surface area (TPSA) is 128 Å². The molecule has 0 saturated carbocycles. The van der Waals surface area contributed by atoms with Gasteiger partial charge < -0.3 is 24.5 Å². The Labute approximate surface area is 183 Å².